The van der Waals surface area contributed by atoms with Crippen LogP contribution < -0.4 is 5.32 Å². The molecule has 2 atom stereocenters. The first kappa shape index (κ1) is 14.4. The Morgan fingerprint density at radius 3 is 2.79 bits per heavy atom. The number of aryl methyl sites for hydroxylation is 1. The fourth-order valence-electron chi connectivity index (χ4n) is 2.60. The van der Waals surface area contributed by atoms with Crippen LogP contribution in [0.2, 0.25) is 0 Å². The van der Waals surface area contributed by atoms with Crippen LogP contribution in [-0.4, -0.2) is 48.8 Å². The summed E-state index contributed by atoms with van der Waals surface area (Å²) in [5.41, 5.74) is 2.25. The first-order valence-electron chi connectivity index (χ1n) is 7.07. The van der Waals surface area contributed by atoms with E-state index in [2.05, 4.69) is 41.2 Å². The van der Waals surface area contributed by atoms with Crippen molar-refractivity contribution in [1.29, 1.82) is 0 Å². The van der Waals surface area contributed by atoms with Crippen molar-refractivity contribution in [2.75, 3.05) is 26.7 Å². The van der Waals surface area contributed by atoms with Crippen LogP contribution in [-0.2, 0) is 4.74 Å². The number of nitrogens with zero attached hydrogens (tertiary/aromatic N) is 2. The molecule has 0 aromatic carbocycles. The smallest absolute Gasteiger partial charge is 0.0897 e. The van der Waals surface area contributed by atoms with Crippen LogP contribution in [0.4, 0.5) is 0 Å². The fraction of sp³-hybridized carbons (Fsp3) is 0.667. The molecule has 0 amide bonds. The average Bonchev–Trinajstić information content (AvgIpc) is 2.42. The van der Waals surface area contributed by atoms with Crippen molar-refractivity contribution in [1.82, 2.24) is 15.2 Å². The Morgan fingerprint density at radius 2 is 2.21 bits per heavy atom. The van der Waals surface area contributed by atoms with Crippen molar-refractivity contribution < 1.29 is 4.74 Å². The molecule has 2 rings (SSSR count). The standard InChI is InChI=1S/C15H25N3O/c1-11(2)18-7-8-19-14(10-18)15(16-4)13-6-5-12(3)17-9-13/h5-6,9,11,14-16H,7-8,10H2,1-4H3. The maximum Gasteiger partial charge on any atom is 0.0897 e. The Bertz CT molecular complexity index is 391. The summed E-state index contributed by atoms with van der Waals surface area (Å²) in [5.74, 6) is 0. The van der Waals surface area contributed by atoms with Gasteiger partial charge in [0.15, 0.2) is 0 Å². The van der Waals surface area contributed by atoms with Crippen molar-refractivity contribution in [3.05, 3.63) is 29.6 Å². The fourth-order valence-corrected chi connectivity index (χ4v) is 2.60. The quantitative estimate of drug-likeness (QED) is 0.898. The molecule has 0 bridgehead atoms. The molecule has 1 fully saturated rings. The molecule has 0 radical (unpaired) electrons. The molecule has 1 aromatic heterocycles. The van der Waals surface area contributed by atoms with E-state index in [4.69, 9.17) is 4.74 Å². The highest BCUT2D eigenvalue weighted by molar-refractivity contribution is 5.19. The zero-order chi connectivity index (χ0) is 13.8. The first-order valence-corrected chi connectivity index (χ1v) is 7.07. The number of hydrogen-bond acceptors (Lipinski definition) is 4. The molecule has 4 heteroatoms. The zero-order valence-corrected chi connectivity index (χ0v) is 12.4. The third-order valence-electron chi connectivity index (χ3n) is 3.83. The second-order valence-corrected chi connectivity index (χ2v) is 5.50. The van der Waals surface area contributed by atoms with Gasteiger partial charge in [-0.05, 0) is 39.4 Å². The Balaban J connectivity index is 2.10. The lowest BCUT2D eigenvalue weighted by atomic mass is 10.0. The molecule has 1 aliphatic rings. The highest BCUT2D eigenvalue weighted by Crippen LogP contribution is 2.22. The predicted molar refractivity (Wildman–Crippen MR) is 77.2 cm³/mol. The molecule has 2 unspecified atom stereocenters. The highest BCUT2D eigenvalue weighted by Gasteiger charge is 2.29. The second kappa shape index (κ2) is 6.46. The van der Waals surface area contributed by atoms with E-state index in [0.717, 1.165) is 25.4 Å². The first-order chi connectivity index (χ1) is 9.11. The third-order valence-corrected chi connectivity index (χ3v) is 3.83. The Labute approximate surface area is 116 Å². The van der Waals surface area contributed by atoms with Gasteiger partial charge in [-0.2, -0.15) is 0 Å². The van der Waals surface area contributed by atoms with Gasteiger partial charge in [0.25, 0.3) is 0 Å². The number of aromatic nitrogens is 1. The van der Waals surface area contributed by atoms with E-state index in [-0.39, 0.29) is 12.1 Å². The number of rotatable bonds is 4. The molecular formula is C15H25N3O. The number of likely N-dealkylation sites (N-methyl/N-ethyl adjacent to an activating group) is 1. The lowest BCUT2D eigenvalue weighted by Gasteiger charge is -2.39. The van der Waals surface area contributed by atoms with Gasteiger partial charge >= 0.3 is 0 Å². The number of morpholine rings is 1. The van der Waals surface area contributed by atoms with Crippen molar-refractivity contribution in [2.45, 2.75) is 39.0 Å². The van der Waals surface area contributed by atoms with E-state index in [1.165, 1.54) is 5.56 Å². The molecule has 19 heavy (non-hydrogen) atoms. The zero-order valence-electron chi connectivity index (χ0n) is 12.4. The summed E-state index contributed by atoms with van der Waals surface area (Å²) in [6.07, 6.45) is 2.14. The molecular weight excluding hydrogens is 238 g/mol. The van der Waals surface area contributed by atoms with Crippen molar-refractivity contribution >= 4 is 0 Å². The van der Waals surface area contributed by atoms with Crippen LogP contribution in [0.25, 0.3) is 0 Å². The lowest BCUT2D eigenvalue weighted by Crippen LogP contribution is -2.49. The van der Waals surface area contributed by atoms with Gasteiger partial charge in [0.05, 0.1) is 18.8 Å². The van der Waals surface area contributed by atoms with Gasteiger partial charge < -0.3 is 10.1 Å². The van der Waals surface area contributed by atoms with Gasteiger partial charge in [0.2, 0.25) is 0 Å². The number of pyridine rings is 1. The van der Waals surface area contributed by atoms with Gasteiger partial charge in [0.1, 0.15) is 0 Å². The van der Waals surface area contributed by atoms with E-state index in [0.29, 0.717) is 6.04 Å². The molecule has 1 aromatic rings. The normalized spacial score (nSPS) is 22.7. The maximum atomic E-state index is 5.96. The molecule has 0 spiro atoms. The van der Waals surface area contributed by atoms with Crippen molar-refractivity contribution in [3.63, 3.8) is 0 Å². The molecule has 0 saturated carbocycles. The molecule has 0 aliphatic carbocycles. The number of hydrogen-bond donors (Lipinski definition) is 1. The largest absolute Gasteiger partial charge is 0.374 e. The summed E-state index contributed by atoms with van der Waals surface area (Å²) >= 11 is 0. The van der Waals surface area contributed by atoms with Crippen LogP contribution in [0.15, 0.2) is 18.3 Å². The Morgan fingerprint density at radius 1 is 1.42 bits per heavy atom. The summed E-state index contributed by atoms with van der Waals surface area (Å²) in [6, 6.07) is 4.97. The highest BCUT2D eigenvalue weighted by atomic mass is 16.5. The minimum atomic E-state index is 0.186. The van der Waals surface area contributed by atoms with Crippen LogP contribution >= 0.6 is 0 Å². The minimum Gasteiger partial charge on any atom is -0.374 e. The van der Waals surface area contributed by atoms with Crippen LogP contribution in [0.1, 0.15) is 31.1 Å². The van der Waals surface area contributed by atoms with E-state index in [1.807, 2.05) is 20.2 Å². The van der Waals surface area contributed by atoms with Gasteiger partial charge in [-0.1, -0.05) is 6.07 Å². The third kappa shape index (κ3) is 3.53. The topological polar surface area (TPSA) is 37.4 Å². The van der Waals surface area contributed by atoms with Gasteiger partial charge in [0, 0.05) is 31.0 Å². The maximum absolute atomic E-state index is 5.96. The Hall–Kier alpha value is -0.970. The molecule has 1 aliphatic heterocycles. The van der Waals surface area contributed by atoms with E-state index in [9.17, 15) is 0 Å². The molecule has 106 valence electrons. The summed E-state index contributed by atoms with van der Waals surface area (Å²) < 4.78 is 5.96. The summed E-state index contributed by atoms with van der Waals surface area (Å²) in [5, 5.41) is 3.38. The van der Waals surface area contributed by atoms with E-state index in [1.54, 1.807) is 0 Å². The van der Waals surface area contributed by atoms with E-state index >= 15 is 0 Å². The lowest BCUT2D eigenvalue weighted by molar-refractivity contribution is -0.0550. The average molecular weight is 263 g/mol. The van der Waals surface area contributed by atoms with Gasteiger partial charge in [-0.15, -0.1) is 0 Å². The van der Waals surface area contributed by atoms with Crippen molar-refractivity contribution in [2.24, 2.45) is 0 Å². The molecule has 2 heterocycles. The summed E-state index contributed by atoms with van der Waals surface area (Å²) in [7, 11) is 1.99. The van der Waals surface area contributed by atoms with Crippen LogP contribution in [0, 0.1) is 6.92 Å². The SMILES string of the molecule is CNC(c1ccc(C)nc1)C1CN(C(C)C)CCO1. The number of nitrogens with one attached hydrogen (secondary N) is 1. The van der Waals surface area contributed by atoms with Gasteiger partial charge in [-0.25, -0.2) is 0 Å². The summed E-state index contributed by atoms with van der Waals surface area (Å²) in [6.45, 7) is 9.29. The van der Waals surface area contributed by atoms with Gasteiger partial charge in [-0.3, -0.25) is 9.88 Å². The molecule has 1 N–H and O–H groups in total. The minimum absolute atomic E-state index is 0.186. The Kier molecular flexibility index (Phi) is 4.91. The molecule has 1 saturated heterocycles. The summed E-state index contributed by atoms with van der Waals surface area (Å²) in [4.78, 5) is 6.86. The van der Waals surface area contributed by atoms with Crippen molar-refractivity contribution in [3.8, 4) is 0 Å². The van der Waals surface area contributed by atoms with Crippen LogP contribution in [0.3, 0.4) is 0 Å². The van der Waals surface area contributed by atoms with Crippen LogP contribution in [0.5, 0.6) is 0 Å². The number of ether oxygens (including phenoxy) is 1. The van der Waals surface area contributed by atoms with E-state index < -0.39 is 0 Å². The predicted octanol–water partition coefficient (Wildman–Crippen LogP) is 1.76. The monoisotopic (exact) mass is 263 g/mol. The second-order valence-electron chi connectivity index (χ2n) is 5.50. The molecule has 4 nitrogen and oxygen atoms in total.